The summed E-state index contributed by atoms with van der Waals surface area (Å²) >= 11 is 0. The molecule has 0 aliphatic heterocycles. The van der Waals surface area contributed by atoms with E-state index in [1.807, 2.05) is 88.4 Å². The van der Waals surface area contributed by atoms with Crippen molar-refractivity contribution >= 4 is 34.4 Å². The predicted molar refractivity (Wildman–Crippen MR) is 157 cm³/mol. The van der Waals surface area contributed by atoms with Crippen molar-refractivity contribution < 1.29 is 19.1 Å². The van der Waals surface area contributed by atoms with Crippen molar-refractivity contribution in [3.05, 3.63) is 77.4 Å². The zero-order chi connectivity index (χ0) is 28.9. The Hall–Kier alpha value is -3.87. The molecule has 7 nitrogen and oxygen atoms in total. The van der Waals surface area contributed by atoms with Gasteiger partial charge in [-0.25, -0.2) is 4.79 Å². The van der Waals surface area contributed by atoms with Crippen LogP contribution in [0.2, 0.25) is 0 Å². The van der Waals surface area contributed by atoms with Gasteiger partial charge in [-0.15, -0.1) is 0 Å². The molecule has 3 rings (SSSR count). The molecule has 0 fully saturated rings. The summed E-state index contributed by atoms with van der Waals surface area (Å²) in [6.07, 6.45) is -0.0176. The Kier molecular flexibility index (Phi) is 9.38. The van der Waals surface area contributed by atoms with E-state index in [1.165, 1.54) is 4.90 Å². The van der Waals surface area contributed by atoms with E-state index in [0.29, 0.717) is 12.1 Å². The second kappa shape index (κ2) is 12.3. The summed E-state index contributed by atoms with van der Waals surface area (Å²) in [5, 5.41) is 7.87. The van der Waals surface area contributed by atoms with Crippen molar-refractivity contribution in [2.45, 2.75) is 72.6 Å². The van der Waals surface area contributed by atoms with Crippen LogP contribution < -0.4 is 10.6 Å². The third-order valence-corrected chi connectivity index (χ3v) is 6.97. The van der Waals surface area contributed by atoms with E-state index >= 15 is 0 Å². The SMILES string of the molecule is CCC(C)C(NC(=O)OC(C)(C)C)C(=O)N(C)C(C(=O)Nc1ccc2ccccc2c1)c1c(C)cccc1C. The molecule has 0 saturated heterocycles. The van der Waals surface area contributed by atoms with Gasteiger partial charge in [-0.1, -0.05) is 68.8 Å². The number of hydrogen-bond donors (Lipinski definition) is 2. The number of hydrogen-bond acceptors (Lipinski definition) is 4. The average Bonchev–Trinajstić information content (AvgIpc) is 2.87. The standard InChI is InChI=1S/C32H41N3O4/c1-9-20(2)27(34-31(38)39-32(5,6)7)30(37)35(8)28(26-21(3)13-12-14-22(26)4)29(36)33-25-18-17-23-15-10-11-16-24(23)19-25/h10-20,27-28H,9H2,1-8H3,(H,33,36)(H,34,38). The highest BCUT2D eigenvalue weighted by atomic mass is 16.6. The van der Waals surface area contributed by atoms with Crippen LogP contribution in [0.25, 0.3) is 10.8 Å². The number of nitrogens with one attached hydrogen (secondary N) is 2. The Morgan fingerprint density at radius 2 is 1.54 bits per heavy atom. The van der Waals surface area contributed by atoms with Crippen LogP contribution in [-0.2, 0) is 14.3 Å². The van der Waals surface area contributed by atoms with Gasteiger partial charge in [-0.2, -0.15) is 0 Å². The fourth-order valence-electron chi connectivity index (χ4n) is 4.70. The zero-order valence-electron chi connectivity index (χ0n) is 24.3. The van der Waals surface area contributed by atoms with Gasteiger partial charge in [0.2, 0.25) is 5.91 Å². The lowest BCUT2D eigenvalue weighted by atomic mass is 9.92. The Balaban J connectivity index is 1.99. The number of benzene rings is 3. The molecule has 3 aromatic rings. The van der Waals surface area contributed by atoms with Gasteiger partial charge in [0.1, 0.15) is 17.7 Å². The van der Waals surface area contributed by atoms with Gasteiger partial charge in [0, 0.05) is 12.7 Å². The van der Waals surface area contributed by atoms with Crippen LogP contribution in [0.1, 0.15) is 63.8 Å². The van der Waals surface area contributed by atoms with Crippen molar-refractivity contribution in [2.24, 2.45) is 5.92 Å². The van der Waals surface area contributed by atoms with Crippen molar-refractivity contribution in [3.63, 3.8) is 0 Å². The maximum Gasteiger partial charge on any atom is 0.408 e. The van der Waals surface area contributed by atoms with Gasteiger partial charge in [-0.05, 0) is 80.1 Å². The molecule has 3 unspecified atom stereocenters. The third kappa shape index (κ3) is 7.37. The number of fused-ring (bicyclic) bond motifs is 1. The van der Waals surface area contributed by atoms with Gasteiger partial charge in [0.25, 0.3) is 5.91 Å². The van der Waals surface area contributed by atoms with Crippen LogP contribution in [0.5, 0.6) is 0 Å². The summed E-state index contributed by atoms with van der Waals surface area (Å²) in [6.45, 7) is 13.0. The molecule has 2 N–H and O–H groups in total. The van der Waals surface area contributed by atoms with E-state index < -0.39 is 23.8 Å². The fourth-order valence-corrected chi connectivity index (χ4v) is 4.70. The van der Waals surface area contributed by atoms with E-state index in [1.54, 1.807) is 27.8 Å². The number of alkyl carbamates (subject to hydrolysis) is 1. The van der Waals surface area contributed by atoms with E-state index in [4.69, 9.17) is 4.74 Å². The van der Waals surface area contributed by atoms with Gasteiger partial charge in [-0.3, -0.25) is 9.59 Å². The summed E-state index contributed by atoms with van der Waals surface area (Å²) in [4.78, 5) is 42.1. The Labute approximate surface area is 231 Å². The van der Waals surface area contributed by atoms with Crippen LogP contribution in [0.4, 0.5) is 10.5 Å². The average molecular weight is 532 g/mol. The number of ether oxygens (including phenoxy) is 1. The molecular formula is C32H41N3O4. The minimum Gasteiger partial charge on any atom is -0.444 e. The first-order valence-corrected chi connectivity index (χ1v) is 13.4. The number of carbonyl (C=O) groups excluding carboxylic acids is 3. The van der Waals surface area contributed by atoms with Gasteiger partial charge in [0.05, 0.1) is 0 Å². The number of nitrogens with zero attached hydrogens (tertiary/aromatic N) is 1. The highest BCUT2D eigenvalue weighted by Crippen LogP contribution is 2.30. The third-order valence-electron chi connectivity index (χ3n) is 6.97. The minimum atomic E-state index is -0.919. The molecule has 0 bridgehead atoms. The van der Waals surface area contributed by atoms with Crippen molar-refractivity contribution in [3.8, 4) is 0 Å². The predicted octanol–water partition coefficient (Wildman–Crippen LogP) is 6.53. The molecule has 0 saturated carbocycles. The second-order valence-electron chi connectivity index (χ2n) is 11.2. The number of carbonyl (C=O) groups is 3. The second-order valence-corrected chi connectivity index (χ2v) is 11.2. The molecule has 7 heteroatoms. The van der Waals surface area contributed by atoms with Crippen LogP contribution >= 0.6 is 0 Å². The Bertz CT molecular complexity index is 1320. The summed E-state index contributed by atoms with van der Waals surface area (Å²) in [5.74, 6) is -0.884. The maximum atomic E-state index is 14.0. The van der Waals surface area contributed by atoms with Gasteiger partial charge in [0.15, 0.2) is 0 Å². The molecule has 3 aromatic carbocycles. The smallest absolute Gasteiger partial charge is 0.408 e. The molecule has 39 heavy (non-hydrogen) atoms. The summed E-state index contributed by atoms with van der Waals surface area (Å²) in [7, 11) is 1.62. The summed E-state index contributed by atoms with van der Waals surface area (Å²) < 4.78 is 5.44. The molecule has 0 aliphatic carbocycles. The normalized spacial score (nSPS) is 13.7. The molecule has 0 aromatic heterocycles. The van der Waals surface area contributed by atoms with Crippen LogP contribution in [0.15, 0.2) is 60.7 Å². The van der Waals surface area contributed by atoms with E-state index in [9.17, 15) is 14.4 Å². The lowest BCUT2D eigenvalue weighted by Gasteiger charge is -2.34. The van der Waals surface area contributed by atoms with Crippen molar-refractivity contribution in [1.82, 2.24) is 10.2 Å². The number of rotatable bonds is 8. The lowest BCUT2D eigenvalue weighted by molar-refractivity contribution is -0.140. The Morgan fingerprint density at radius 3 is 2.13 bits per heavy atom. The molecule has 3 atom stereocenters. The summed E-state index contributed by atoms with van der Waals surface area (Å²) in [5.41, 5.74) is 2.48. The van der Waals surface area contributed by atoms with E-state index in [2.05, 4.69) is 10.6 Å². The molecule has 208 valence electrons. The highest BCUT2D eigenvalue weighted by Gasteiger charge is 2.37. The van der Waals surface area contributed by atoms with E-state index in [0.717, 1.165) is 27.5 Å². The van der Waals surface area contributed by atoms with Gasteiger partial charge < -0.3 is 20.3 Å². The van der Waals surface area contributed by atoms with Crippen molar-refractivity contribution in [1.29, 1.82) is 0 Å². The zero-order valence-corrected chi connectivity index (χ0v) is 24.3. The number of anilines is 1. The highest BCUT2D eigenvalue weighted by molar-refractivity contribution is 6.00. The van der Waals surface area contributed by atoms with Gasteiger partial charge >= 0.3 is 6.09 Å². The Morgan fingerprint density at radius 1 is 0.923 bits per heavy atom. The largest absolute Gasteiger partial charge is 0.444 e. The number of aryl methyl sites for hydroxylation is 2. The van der Waals surface area contributed by atoms with Crippen LogP contribution in [0, 0.1) is 19.8 Å². The fraction of sp³-hybridized carbons (Fsp3) is 0.406. The monoisotopic (exact) mass is 531 g/mol. The molecule has 0 radical (unpaired) electrons. The van der Waals surface area contributed by atoms with Crippen molar-refractivity contribution in [2.75, 3.05) is 12.4 Å². The maximum absolute atomic E-state index is 14.0. The minimum absolute atomic E-state index is 0.186. The molecule has 0 spiro atoms. The topological polar surface area (TPSA) is 87.7 Å². The number of amides is 3. The summed E-state index contributed by atoms with van der Waals surface area (Å²) in [6, 6.07) is 17.7. The van der Waals surface area contributed by atoms with E-state index in [-0.39, 0.29) is 17.7 Å². The molecule has 3 amide bonds. The van der Waals surface area contributed by atoms with Crippen LogP contribution in [-0.4, -0.2) is 41.5 Å². The first-order valence-electron chi connectivity index (χ1n) is 13.4. The lowest BCUT2D eigenvalue weighted by Crippen LogP contribution is -2.53. The molecule has 0 heterocycles. The molecular weight excluding hydrogens is 490 g/mol. The van der Waals surface area contributed by atoms with Crippen LogP contribution in [0.3, 0.4) is 0 Å². The first kappa shape index (κ1) is 29.7. The quantitative estimate of drug-likeness (QED) is 0.346. The first-order chi connectivity index (χ1) is 18.3. The number of likely N-dealkylation sites (N-methyl/N-ethyl adjacent to an activating group) is 1. The molecule has 0 aliphatic rings.